The van der Waals surface area contributed by atoms with Crippen molar-refractivity contribution in [3.63, 3.8) is 0 Å². The van der Waals surface area contributed by atoms with Gasteiger partial charge in [0.25, 0.3) is 5.69 Å². The minimum Gasteiger partial charge on any atom is -0.376 e. The standard InChI is InChI=1S/C14H14NO6PS/c1-9-3-2-4-11(7-9)23-13-6-5-10(15(17)18)8-12(13)14(16)22(19,20)21/h2-8,14,16H,1H3,(H2,19,20,21). The molecule has 0 amide bonds. The second kappa shape index (κ2) is 6.82. The number of aliphatic hydroxyl groups excluding tert-OH is 1. The molecule has 122 valence electrons. The zero-order valence-electron chi connectivity index (χ0n) is 12.0. The Morgan fingerprint density at radius 3 is 2.48 bits per heavy atom. The smallest absolute Gasteiger partial charge is 0.358 e. The summed E-state index contributed by atoms with van der Waals surface area (Å²) >= 11 is 1.17. The molecule has 0 saturated carbocycles. The van der Waals surface area contributed by atoms with Crippen molar-refractivity contribution in [3.8, 4) is 0 Å². The van der Waals surface area contributed by atoms with Gasteiger partial charge < -0.3 is 14.9 Å². The maximum absolute atomic E-state index is 11.3. The third kappa shape index (κ3) is 4.40. The molecule has 0 aliphatic heterocycles. The fourth-order valence-electron chi connectivity index (χ4n) is 1.93. The summed E-state index contributed by atoms with van der Waals surface area (Å²) in [7, 11) is -4.85. The number of aliphatic hydroxyl groups is 1. The molecular weight excluding hydrogens is 341 g/mol. The van der Waals surface area contributed by atoms with Crippen molar-refractivity contribution >= 4 is 25.0 Å². The van der Waals surface area contributed by atoms with E-state index < -0.39 is 18.4 Å². The third-order valence-electron chi connectivity index (χ3n) is 3.02. The van der Waals surface area contributed by atoms with E-state index in [0.29, 0.717) is 4.90 Å². The van der Waals surface area contributed by atoms with E-state index in [4.69, 9.17) is 0 Å². The van der Waals surface area contributed by atoms with E-state index in [1.54, 1.807) is 6.07 Å². The van der Waals surface area contributed by atoms with Crippen molar-refractivity contribution in [1.29, 1.82) is 0 Å². The van der Waals surface area contributed by atoms with Crippen LogP contribution in [0.5, 0.6) is 0 Å². The summed E-state index contributed by atoms with van der Waals surface area (Å²) in [5.74, 6) is -2.12. The molecule has 0 aliphatic carbocycles. The minimum absolute atomic E-state index is 0.168. The van der Waals surface area contributed by atoms with Crippen molar-refractivity contribution in [2.75, 3.05) is 0 Å². The molecular formula is C14H14NO6PS. The van der Waals surface area contributed by atoms with Crippen LogP contribution in [0.4, 0.5) is 5.69 Å². The lowest BCUT2D eigenvalue weighted by atomic mass is 10.2. The molecule has 0 bridgehead atoms. The van der Waals surface area contributed by atoms with Gasteiger partial charge in [-0.2, -0.15) is 0 Å². The molecule has 0 aliphatic rings. The number of nitro benzene ring substituents is 1. The summed E-state index contributed by atoms with van der Waals surface area (Å²) in [4.78, 5) is 29.7. The first-order valence-corrected chi connectivity index (χ1v) is 8.94. The first kappa shape index (κ1) is 17.7. The van der Waals surface area contributed by atoms with Gasteiger partial charge in [-0.25, -0.2) is 0 Å². The number of non-ortho nitro benzene ring substituents is 1. The first-order chi connectivity index (χ1) is 10.7. The van der Waals surface area contributed by atoms with Crippen LogP contribution in [0.2, 0.25) is 0 Å². The number of hydrogen-bond donors (Lipinski definition) is 3. The van der Waals surface area contributed by atoms with E-state index in [0.717, 1.165) is 16.5 Å². The summed E-state index contributed by atoms with van der Waals surface area (Å²) in [6.45, 7) is 1.89. The second-order valence-corrected chi connectivity index (χ2v) is 7.64. The molecule has 0 aromatic heterocycles. The molecule has 2 aromatic carbocycles. The van der Waals surface area contributed by atoms with Gasteiger partial charge in [0.2, 0.25) is 0 Å². The molecule has 1 atom stereocenters. The SMILES string of the molecule is Cc1cccc(Sc2ccc([N+](=O)[O-])cc2C(O)P(=O)(O)O)c1. The molecule has 9 heteroatoms. The highest BCUT2D eigenvalue weighted by molar-refractivity contribution is 7.99. The van der Waals surface area contributed by atoms with Crippen LogP contribution >= 0.6 is 19.4 Å². The van der Waals surface area contributed by atoms with Crippen LogP contribution in [0, 0.1) is 17.0 Å². The Morgan fingerprint density at radius 1 is 1.22 bits per heavy atom. The zero-order chi connectivity index (χ0) is 17.2. The average Bonchev–Trinajstić information content (AvgIpc) is 2.45. The van der Waals surface area contributed by atoms with E-state index in [1.807, 2.05) is 25.1 Å². The number of nitrogens with zero attached hydrogens (tertiary/aromatic N) is 1. The molecule has 2 rings (SSSR count). The number of nitro groups is 1. The minimum atomic E-state index is -4.85. The van der Waals surface area contributed by atoms with Gasteiger partial charge in [-0.05, 0) is 25.1 Å². The van der Waals surface area contributed by atoms with Crippen LogP contribution in [0.3, 0.4) is 0 Å². The number of rotatable bonds is 5. The fraction of sp³-hybridized carbons (Fsp3) is 0.143. The third-order valence-corrected chi connectivity index (χ3v) is 5.01. The van der Waals surface area contributed by atoms with E-state index in [1.165, 1.54) is 23.9 Å². The van der Waals surface area contributed by atoms with Crippen LogP contribution in [0.15, 0.2) is 52.3 Å². The van der Waals surface area contributed by atoms with Crippen molar-refractivity contribution < 1.29 is 24.4 Å². The predicted molar refractivity (Wildman–Crippen MR) is 85.4 cm³/mol. The van der Waals surface area contributed by atoms with Gasteiger partial charge in [0, 0.05) is 27.5 Å². The summed E-state index contributed by atoms with van der Waals surface area (Å²) < 4.78 is 11.3. The van der Waals surface area contributed by atoms with E-state index >= 15 is 0 Å². The molecule has 0 saturated heterocycles. The van der Waals surface area contributed by atoms with Gasteiger partial charge in [0.15, 0.2) is 5.85 Å². The van der Waals surface area contributed by atoms with Crippen LogP contribution in [-0.4, -0.2) is 19.8 Å². The molecule has 7 nitrogen and oxygen atoms in total. The van der Waals surface area contributed by atoms with Gasteiger partial charge in [-0.1, -0.05) is 29.5 Å². The summed E-state index contributed by atoms with van der Waals surface area (Å²) in [6.07, 6.45) is 0. The largest absolute Gasteiger partial charge is 0.376 e. The van der Waals surface area contributed by atoms with Gasteiger partial charge in [-0.15, -0.1) is 0 Å². The maximum atomic E-state index is 11.3. The first-order valence-electron chi connectivity index (χ1n) is 6.44. The lowest BCUT2D eigenvalue weighted by Gasteiger charge is -2.16. The number of aryl methyl sites for hydroxylation is 1. The summed E-state index contributed by atoms with van der Waals surface area (Å²) in [6, 6.07) is 11.0. The number of benzene rings is 2. The molecule has 0 radical (unpaired) electrons. The average molecular weight is 355 g/mol. The topological polar surface area (TPSA) is 121 Å². The highest BCUT2D eigenvalue weighted by Gasteiger charge is 2.31. The molecule has 0 spiro atoms. The van der Waals surface area contributed by atoms with Crippen molar-refractivity contribution in [1.82, 2.24) is 0 Å². The van der Waals surface area contributed by atoms with Crippen LogP contribution in [0.1, 0.15) is 17.0 Å². The van der Waals surface area contributed by atoms with Crippen molar-refractivity contribution in [3.05, 3.63) is 63.7 Å². The molecule has 0 fully saturated rings. The highest BCUT2D eigenvalue weighted by Crippen LogP contribution is 2.52. The zero-order valence-corrected chi connectivity index (χ0v) is 13.7. The fourth-order valence-corrected chi connectivity index (χ4v) is 3.66. The normalized spacial score (nSPS) is 12.9. The van der Waals surface area contributed by atoms with E-state index in [-0.39, 0.29) is 11.3 Å². The Labute approximate surface area is 136 Å². The molecule has 23 heavy (non-hydrogen) atoms. The van der Waals surface area contributed by atoms with Crippen LogP contribution in [0.25, 0.3) is 0 Å². The predicted octanol–water partition coefficient (Wildman–Crippen LogP) is 3.22. The highest BCUT2D eigenvalue weighted by atomic mass is 32.2. The van der Waals surface area contributed by atoms with Crippen molar-refractivity contribution in [2.45, 2.75) is 22.6 Å². The Bertz CT molecular complexity index is 791. The Kier molecular flexibility index (Phi) is 5.23. The Hall–Kier alpha value is -1.70. The lowest BCUT2D eigenvalue weighted by Crippen LogP contribution is -2.02. The molecule has 2 aromatic rings. The van der Waals surface area contributed by atoms with Gasteiger partial charge in [0.1, 0.15) is 0 Å². The van der Waals surface area contributed by atoms with Crippen LogP contribution < -0.4 is 0 Å². The van der Waals surface area contributed by atoms with Crippen LogP contribution in [-0.2, 0) is 4.57 Å². The van der Waals surface area contributed by atoms with Gasteiger partial charge in [0.05, 0.1) is 4.92 Å². The van der Waals surface area contributed by atoms with E-state index in [9.17, 15) is 29.6 Å². The second-order valence-electron chi connectivity index (χ2n) is 4.86. The summed E-state index contributed by atoms with van der Waals surface area (Å²) in [5, 5.41) is 20.7. The summed E-state index contributed by atoms with van der Waals surface area (Å²) in [5.41, 5.74) is 0.481. The quantitative estimate of drug-likeness (QED) is 0.428. The van der Waals surface area contributed by atoms with Crippen molar-refractivity contribution in [2.24, 2.45) is 0 Å². The monoisotopic (exact) mass is 355 g/mol. The molecule has 1 unspecified atom stereocenters. The maximum Gasteiger partial charge on any atom is 0.358 e. The molecule has 0 heterocycles. The Balaban J connectivity index is 2.49. The van der Waals surface area contributed by atoms with Gasteiger partial charge >= 0.3 is 7.60 Å². The van der Waals surface area contributed by atoms with Gasteiger partial charge in [-0.3, -0.25) is 14.7 Å². The van der Waals surface area contributed by atoms with E-state index in [2.05, 4.69) is 0 Å². The molecule has 3 N–H and O–H groups in total. The lowest BCUT2D eigenvalue weighted by molar-refractivity contribution is -0.385. The number of hydrogen-bond acceptors (Lipinski definition) is 5. The Morgan fingerprint density at radius 2 is 1.91 bits per heavy atom.